The molecule has 166 valence electrons. The van der Waals surface area contributed by atoms with Crippen LogP contribution in [0.3, 0.4) is 0 Å². The molecule has 1 saturated heterocycles. The first kappa shape index (κ1) is 21.6. The predicted octanol–water partition coefficient (Wildman–Crippen LogP) is 2.47. The third-order valence-electron chi connectivity index (χ3n) is 5.03. The maximum Gasteiger partial charge on any atom is 0.416 e. The zero-order valence-electron chi connectivity index (χ0n) is 16.9. The first-order chi connectivity index (χ1) is 15.2. The number of aromatic nitrogens is 4. The monoisotopic (exact) mass is 445 g/mol. The first-order valence-electron chi connectivity index (χ1n) is 9.68. The summed E-state index contributed by atoms with van der Waals surface area (Å²) in [5.74, 6) is -0.390. The van der Waals surface area contributed by atoms with E-state index < -0.39 is 23.8 Å². The fraction of sp³-hybridized carbons (Fsp3) is 0.286. The molecule has 11 heteroatoms. The van der Waals surface area contributed by atoms with Gasteiger partial charge < -0.3 is 9.64 Å². The second-order valence-electron chi connectivity index (χ2n) is 7.16. The lowest BCUT2D eigenvalue weighted by molar-refractivity contribution is -0.137. The number of morpholine rings is 1. The Balaban J connectivity index is 1.63. The summed E-state index contributed by atoms with van der Waals surface area (Å²) in [6, 6.07) is 7.42. The molecule has 1 atom stereocenters. The summed E-state index contributed by atoms with van der Waals surface area (Å²) in [4.78, 5) is 34.5. The molecule has 8 nitrogen and oxygen atoms in total. The SMILES string of the molecule is Cn1nc(C(=O)N2CCO[C@H](c3nccnc3-c3cccc(C(F)(F)F)c3)C2)ccc1=O. The number of ether oxygens (including phenoxy) is 1. The fourth-order valence-electron chi connectivity index (χ4n) is 3.43. The topological polar surface area (TPSA) is 90.2 Å². The lowest BCUT2D eigenvalue weighted by atomic mass is 10.0. The van der Waals surface area contributed by atoms with Gasteiger partial charge in [0.2, 0.25) is 0 Å². The standard InChI is InChI=1S/C21H18F3N5O3/c1-28-17(30)6-5-15(27-28)20(31)29-9-10-32-16(12-29)19-18(25-7-8-26-19)13-3-2-4-14(11-13)21(22,23)24/h2-8,11,16H,9-10,12H2,1H3/t16-/m0/s1. The van der Waals surface area contributed by atoms with Gasteiger partial charge in [0.1, 0.15) is 11.8 Å². The number of rotatable bonds is 3. The molecule has 32 heavy (non-hydrogen) atoms. The van der Waals surface area contributed by atoms with Crippen LogP contribution in [0.1, 0.15) is 27.8 Å². The Labute approximate surface area is 180 Å². The van der Waals surface area contributed by atoms with E-state index in [0.29, 0.717) is 12.2 Å². The number of aryl methyl sites for hydroxylation is 1. The summed E-state index contributed by atoms with van der Waals surface area (Å²) in [5, 5.41) is 3.98. The van der Waals surface area contributed by atoms with Crippen molar-refractivity contribution in [3.05, 3.63) is 76.1 Å². The Morgan fingerprint density at radius 3 is 2.69 bits per heavy atom. The van der Waals surface area contributed by atoms with Crippen molar-refractivity contribution in [2.45, 2.75) is 12.3 Å². The minimum Gasteiger partial charge on any atom is -0.368 e. The summed E-state index contributed by atoms with van der Waals surface area (Å²) in [5.41, 5.74) is -0.212. The number of hydrogen-bond acceptors (Lipinski definition) is 6. The maximum absolute atomic E-state index is 13.2. The number of hydrogen-bond donors (Lipinski definition) is 0. The highest BCUT2D eigenvalue weighted by Gasteiger charge is 2.32. The van der Waals surface area contributed by atoms with E-state index >= 15 is 0 Å². The van der Waals surface area contributed by atoms with Crippen LogP contribution in [0.4, 0.5) is 13.2 Å². The van der Waals surface area contributed by atoms with Crippen LogP contribution in [0.5, 0.6) is 0 Å². The molecule has 3 aromatic rings. The van der Waals surface area contributed by atoms with Crippen LogP contribution < -0.4 is 5.56 Å². The van der Waals surface area contributed by atoms with E-state index in [1.807, 2.05) is 0 Å². The number of alkyl halides is 3. The van der Waals surface area contributed by atoms with Crippen LogP contribution in [0.15, 0.2) is 53.6 Å². The van der Waals surface area contributed by atoms with E-state index in [0.717, 1.165) is 16.8 Å². The molecule has 1 amide bonds. The molecular formula is C21H18F3N5O3. The van der Waals surface area contributed by atoms with Gasteiger partial charge in [-0.05, 0) is 18.2 Å². The highest BCUT2D eigenvalue weighted by atomic mass is 19.4. The minimum atomic E-state index is -4.49. The third kappa shape index (κ3) is 4.37. The quantitative estimate of drug-likeness (QED) is 0.615. The third-order valence-corrected chi connectivity index (χ3v) is 5.03. The van der Waals surface area contributed by atoms with Crippen molar-refractivity contribution in [3.8, 4) is 11.3 Å². The summed E-state index contributed by atoms with van der Waals surface area (Å²) in [6.45, 7) is 0.591. The molecule has 0 bridgehead atoms. The average molecular weight is 445 g/mol. The van der Waals surface area contributed by atoms with Gasteiger partial charge in [-0.2, -0.15) is 18.3 Å². The van der Waals surface area contributed by atoms with Crippen molar-refractivity contribution < 1.29 is 22.7 Å². The lowest BCUT2D eigenvalue weighted by Crippen LogP contribution is -2.43. The van der Waals surface area contributed by atoms with Gasteiger partial charge in [-0.15, -0.1) is 0 Å². The molecule has 2 aromatic heterocycles. The minimum absolute atomic E-state index is 0.102. The maximum atomic E-state index is 13.2. The van der Waals surface area contributed by atoms with Crippen molar-refractivity contribution in [3.63, 3.8) is 0 Å². The molecule has 0 saturated carbocycles. The van der Waals surface area contributed by atoms with Crippen molar-refractivity contribution in [2.75, 3.05) is 19.7 Å². The molecule has 4 rings (SSSR count). The van der Waals surface area contributed by atoms with Crippen molar-refractivity contribution in [2.24, 2.45) is 7.05 Å². The second kappa shape index (κ2) is 8.50. The lowest BCUT2D eigenvalue weighted by Gasteiger charge is -2.33. The van der Waals surface area contributed by atoms with E-state index in [1.54, 1.807) is 0 Å². The van der Waals surface area contributed by atoms with Crippen molar-refractivity contribution in [1.82, 2.24) is 24.6 Å². The molecule has 0 radical (unpaired) electrons. The number of halogens is 3. The largest absolute Gasteiger partial charge is 0.416 e. The summed E-state index contributed by atoms with van der Waals surface area (Å²) >= 11 is 0. The normalized spacial score (nSPS) is 16.8. The Morgan fingerprint density at radius 1 is 1.16 bits per heavy atom. The molecule has 0 spiro atoms. The van der Waals surface area contributed by atoms with Gasteiger partial charge in [-0.1, -0.05) is 12.1 Å². The van der Waals surface area contributed by atoms with Crippen LogP contribution in [0.25, 0.3) is 11.3 Å². The van der Waals surface area contributed by atoms with Gasteiger partial charge in [-0.3, -0.25) is 19.6 Å². The Bertz CT molecular complexity index is 1210. The molecule has 0 N–H and O–H groups in total. The number of carbonyl (C=O) groups excluding carboxylic acids is 1. The second-order valence-corrected chi connectivity index (χ2v) is 7.16. The molecule has 1 aliphatic heterocycles. The van der Waals surface area contributed by atoms with Gasteiger partial charge in [0.25, 0.3) is 11.5 Å². The van der Waals surface area contributed by atoms with E-state index in [2.05, 4.69) is 15.1 Å². The zero-order valence-corrected chi connectivity index (χ0v) is 16.9. The highest BCUT2D eigenvalue weighted by molar-refractivity contribution is 5.92. The van der Waals surface area contributed by atoms with Crippen LogP contribution >= 0.6 is 0 Å². The number of carbonyl (C=O) groups is 1. The molecule has 1 aliphatic rings. The number of benzene rings is 1. The van der Waals surface area contributed by atoms with Crippen LogP contribution in [-0.2, 0) is 18.0 Å². The van der Waals surface area contributed by atoms with E-state index in [4.69, 9.17) is 4.74 Å². The Morgan fingerprint density at radius 2 is 1.94 bits per heavy atom. The van der Waals surface area contributed by atoms with E-state index in [1.165, 1.54) is 48.6 Å². The van der Waals surface area contributed by atoms with Gasteiger partial charge in [-0.25, -0.2) is 4.68 Å². The summed E-state index contributed by atoms with van der Waals surface area (Å²) in [6.07, 6.45) is -2.38. The van der Waals surface area contributed by atoms with Crippen LogP contribution in [0, 0.1) is 0 Å². The molecule has 0 unspecified atom stereocenters. The van der Waals surface area contributed by atoms with E-state index in [9.17, 15) is 22.8 Å². The number of amides is 1. The van der Waals surface area contributed by atoms with Crippen LogP contribution in [-0.4, -0.2) is 50.3 Å². The predicted molar refractivity (Wildman–Crippen MR) is 107 cm³/mol. The summed E-state index contributed by atoms with van der Waals surface area (Å²) in [7, 11) is 1.45. The summed E-state index contributed by atoms with van der Waals surface area (Å²) < 4.78 is 46.3. The first-order valence-corrected chi connectivity index (χ1v) is 9.68. The number of nitrogens with zero attached hydrogens (tertiary/aromatic N) is 5. The van der Waals surface area contributed by atoms with Gasteiger partial charge in [0.05, 0.1) is 30.1 Å². The van der Waals surface area contributed by atoms with E-state index in [-0.39, 0.29) is 35.7 Å². The van der Waals surface area contributed by atoms with Gasteiger partial charge >= 0.3 is 6.18 Å². The highest BCUT2D eigenvalue weighted by Crippen LogP contribution is 2.34. The van der Waals surface area contributed by atoms with Gasteiger partial charge in [0.15, 0.2) is 0 Å². The van der Waals surface area contributed by atoms with Crippen molar-refractivity contribution in [1.29, 1.82) is 0 Å². The van der Waals surface area contributed by atoms with Crippen molar-refractivity contribution >= 4 is 5.91 Å². The molecule has 1 fully saturated rings. The van der Waals surface area contributed by atoms with Gasteiger partial charge in [0, 0.05) is 37.6 Å². The Kier molecular flexibility index (Phi) is 5.74. The zero-order chi connectivity index (χ0) is 22.9. The molecule has 3 heterocycles. The molecule has 1 aromatic carbocycles. The Hall–Kier alpha value is -3.60. The fourth-order valence-corrected chi connectivity index (χ4v) is 3.43. The van der Waals surface area contributed by atoms with Crippen LogP contribution in [0.2, 0.25) is 0 Å². The molecular weight excluding hydrogens is 427 g/mol. The average Bonchev–Trinajstić information content (AvgIpc) is 2.80. The molecule has 0 aliphatic carbocycles. The smallest absolute Gasteiger partial charge is 0.368 e.